The van der Waals surface area contributed by atoms with E-state index in [1.165, 1.54) is 17.0 Å². The normalized spacial score (nSPS) is 11.2. The minimum Gasteiger partial charge on any atom is -0.345 e. The smallest absolute Gasteiger partial charge is 0.261 e. The Bertz CT molecular complexity index is 526. The van der Waals surface area contributed by atoms with Crippen LogP contribution in [0.5, 0.6) is 0 Å². The molecule has 1 aromatic rings. The molecule has 0 fully saturated rings. The molecule has 1 amide bonds. The highest BCUT2D eigenvalue weighted by Gasteiger charge is 2.17. The predicted molar refractivity (Wildman–Crippen MR) is 62.5 cm³/mol. The number of nitrogens with zero attached hydrogens (tertiary/aromatic N) is 1. The van der Waals surface area contributed by atoms with Crippen LogP contribution in [-0.2, 0) is 9.05 Å². The van der Waals surface area contributed by atoms with Crippen molar-refractivity contribution in [3.63, 3.8) is 0 Å². The van der Waals surface area contributed by atoms with Crippen LogP contribution in [0.3, 0.4) is 0 Å². The molecule has 0 aliphatic heterocycles. The van der Waals surface area contributed by atoms with Crippen LogP contribution in [-0.4, -0.2) is 33.3 Å². The van der Waals surface area contributed by atoms with Crippen LogP contribution in [0.25, 0.3) is 0 Å². The highest BCUT2D eigenvalue weighted by atomic mass is 35.7. The molecule has 0 heterocycles. The number of rotatable bonds is 2. The third kappa shape index (κ3) is 2.87. The monoisotopic (exact) mass is 281 g/mol. The fourth-order valence-electron chi connectivity index (χ4n) is 1.06. The van der Waals surface area contributed by atoms with Crippen molar-refractivity contribution in [1.29, 1.82) is 0 Å². The Kier molecular flexibility index (Phi) is 3.83. The van der Waals surface area contributed by atoms with Gasteiger partial charge in [-0.15, -0.1) is 0 Å². The maximum Gasteiger partial charge on any atom is 0.261 e. The Balaban J connectivity index is 3.36. The summed E-state index contributed by atoms with van der Waals surface area (Å²) in [6.07, 6.45) is 0. The third-order valence-electron chi connectivity index (χ3n) is 1.86. The van der Waals surface area contributed by atoms with Gasteiger partial charge in [0.1, 0.15) is 0 Å². The molecule has 0 saturated heterocycles. The van der Waals surface area contributed by atoms with Gasteiger partial charge in [-0.3, -0.25) is 4.79 Å². The predicted octanol–water partition coefficient (Wildman–Crippen LogP) is 1.97. The highest BCUT2D eigenvalue weighted by Crippen LogP contribution is 2.23. The quantitative estimate of drug-likeness (QED) is 0.779. The molecule has 0 N–H and O–H groups in total. The Hall–Kier alpha value is -0.780. The topological polar surface area (TPSA) is 54.5 Å². The second-order valence-corrected chi connectivity index (χ2v) is 6.25. The molecular formula is C9H9Cl2NO3S. The van der Waals surface area contributed by atoms with Crippen LogP contribution in [0.15, 0.2) is 23.1 Å². The van der Waals surface area contributed by atoms with Crippen molar-refractivity contribution in [3.8, 4) is 0 Å². The van der Waals surface area contributed by atoms with Crippen LogP contribution in [0.4, 0.5) is 0 Å². The van der Waals surface area contributed by atoms with E-state index in [2.05, 4.69) is 0 Å². The maximum atomic E-state index is 11.6. The standard InChI is InChI=1S/C9H9Cl2NO3S/c1-12(2)9(13)7-5-6(16(11,14)15)3-4-8(7)10/h3-5H,1-2H3. The van der Waals surface area contributed by atoms with Gasteiger partial charge in [-0.05, 0) is 18.2 Å². The molecule has 0 bridgehead atoms. The van der Waals surface area contributed by atoms with Gasteiger partial charge in [0.2, 0.25) is 0 Å². The molecule has 88 valence electrons. The van der Waals surface area contributed by atoms with Crippen LogP contribution in [0, 0.1) is 0 Å². The Morgan fingerprint density at radius 1 is 1.31 bits per heavy atom. The molecule has 16 heavy (non-hydrogen) atoms. The molecule has 0 unspecified atom stereocenters. The second-order valence-electron chi connectivity index (χ2n) is 3.28. The molecule has 0 radical (unpaired) electrons. The molecule has 0 aliphatic carbocycles. The fraction of sp³-hybridized carbons (Fsp3) is 0.222. The lowest BCUT2D eigenvalue weighted by Crippen LogP contribution is -2.22. The van der Waals surface area contributed by atoms with Gasteiger partial charge in [-0.1, -0.05) is 11.6 Å². The molecule has 4 nitrogen and oxygen atoms in total. The first-order valence-corrected chi connectivity index (χ1v) is 6.88. The number of carbonyl (C=O) groups is 1. The summed E-state index contributed by atoms with van der Waals surface area (Å²) in [7, 11) is 4.40. The van der Waals surface area contributed by atoms with Crippen molar-refractivity contribution in [2.24, 2.45) is 0 Å². The summed E-state index contributed by atoms with van der Waals surface area (Å²) in [6, 6.07) is 3.73. The maximum absolute atomic E-state index is 11.6. The van der Waals surface area contributed by atoms with Gasteiger partial charge in [0.25, 0.3) is 15.0 Å². The Morgan fingerprint density at radius 3 is 2.31 bits per heavy atom. The zero-order valence-corrected chi connectivity index (χ0v) is 10.9. The van der Waals surface area contributed by atoms with E-state index >= 15 is 0 Å². The Morgan fingerprint density at radius 2 is 1.88 bits per heavy atom. The van der Waals surface area contributed by atoms with E-state index in [0.717, 1.165) is 6.07 Å². The number of benzene rings is 1. The van der Waals surface area contributed by atoms with Gasteiger partial charge >= 0.3 is 0 Å². The first kappa shape index (κ1) is 13.3. The number of hydrogen-bond donors (Lipinski definition) is 0. The molecular weight excluding hydrogens is 273 g/mol. The molecule has 7 heteroatoms. The number of amides is 1. The van der Waals surface area contributed by atoms with Crippen molar-refractivity contribution in [3.05, 3.63) is 28.8 Å². The third-order valence-corrected chi connectivity index (χ3v) is 3.54. The first-order chi connectivity index (χ1) is 7.23. The van der Waals surface area contributed by atoms with Crippen LogP contribution >= 0.6 is 22.3 Å². The first-order valence-electron chi connectivity index (χ1n) is 4.19. The molecule has 0 aliphatic rings. The Labute approximate surface area is 103 Å². The molecule has 1 rings (SSSR count). The zero-order valence-electron chi connectivity index (χ0n) is 8.57. The van der Waals surface area contributed by atoms with E-state index in [4.69, 9.17) is 22.3 Å². The minimum absolute atomic E-state index is 0.105. The molecule has 0 aromatic heterocycles. The minimum atomic E-state index is -3.86. The lowest BCUT2D eigenvalue weighted by molar-refractivity contribution is 0.0827. The van der Waals surface area contributed by atoms with Gasteiger partial charge in [-0.2, -0.15) is 0 Å². The number of hydrogen-bond acceptors (Lipinski definition) is 3. The van der Waals surface area contributed by atoms with Crippen LogP contribution in [0.1, 0.15) is 10.4 Å². The van der Waals surface area contributed by atoms with Crippen molar-refractivity contribution >= 4 is 37.2 Å². The van der Waals surface area contributed by atoms with Gasteiger partial charge in [0, 0.05) is 24.8 Å². The number of carbonyl (C=O) groups excluding carboxylic acids is 1. The van der Waals surface area contributed by atoms with Crippen LogP contribution < -0.4 is 0 Å². The highest BCUT2D eigenvalue weighted by molar-refractivity contribution is 8.13. The fourth-order valence-corrected chi connectivity index (χ4v) is 2.04. The van der Waals surface area contributed by atoms with E-state index in [-0.39, 0.29) is 21.4 Å². The van der Waals surface area contributed by atoms with E-state index in [1.807, 2.05) is 0 Å². The second kappa shape index (κ2) is 4.61. The zero-order chi connectivity index (χ0) is 12.5. The molecule has 0 atom stereocenters. The van der Waals surface area contributed by atoms with Gasteiger partial charge in [0.05, 0.1) is 15.5 Å². The van der Waals surface area contributed by atoms with E-state index in [0.29, 0.717) is 0 Å². The molecule has 1 aromatic carbocycles. The molecule has 0 spiro atoms. The summed E-state index contributed by atoms with van der Waals surface area (Å²) >= 11 is 5.80. The summed E-state index contributed by atoms with van der Waals surface area (Å²) < 4.78 is 22.2. The summed E-state index contributed by atoms with van der Waals surface area (Å²) in [5, 5.41) is 0.183. The van der Waals surface area contributed by atoms with Crippen molar-refractivity contribution in [2.45, 2.75) is 4.90 Å². The summed E-state index contributed by atoms with van der Waals surface area (Å²) in [6.45, 7) is 0. The largest absolute Gasteiger partial charge is 0.345 e. The number of halogens is 2. The van der Waals surface area contributed by atoms with Gasteiger partial charge in [-0.25, -0.2) is 8.42 Å². The molecule has 0 saturated carbocycles. The van der Waals surface area contributed by atoms with Crippen molar-refractivity contribution in [1.82, 2.24) is 4.90 Å². The van der Waals surface area contributed by atoms with Crippen molar-refractivity contribution in [2.75, 3.05) is 14.1 Å². The summed E-state index contributed by atoms with van der Waals surface area (Å²) in [5.74, 6) is -0.382. The lowest BCUT2D eigenvalue weighted by Gasteiger charge is -2.11. The summed E-state index contributed by atoms with van der Waals surface area (Å²) in [5.41, 5.74) is 0.105. The van der Waals surface area contributed by atoms with E-state index in [1.54, 1.807) is 14.1 Å². The summed E-state index contributed by atoms with van der Waals surface area (Å²) in [4.78, 5) is 12.8. The average molecular weight is 282 g/mol. The van der Waals surface area contributed by atoms with Crippen LogP contribution in [0.2, 0.25) is 5.02 Å². The average Bonchev–Trinajstić information content (AvgIpc) is 2.15. The van der Waals surface area contributed by atoms with Gasteiger partial charge < -0.3 is 4.90 Å². The van der Waals surface area contributed by atoms with E-state index in [9.17, 15) is 13.2 Å². The van der Waals surface area contributed by atoms with Crippen molar-refractivity contribution < 1.29 is 13.2 Å². The lowest BCUT2D eigenvalue weighted by atomic mass is 10.2. The SMILES string of the molecule is CN(C)C(=O)c1cc(S(=O)(=O)Cl)ccc1Cl. The van der Waals surface area contributed by atoms with E-state index < -0.39 is 9.05 Å². The van der Waals surface area contributed by atoms with Gasteiger partial charge in [0.15, 0.2) is 0 Å².